The fourth-order valence-corrected chi connectivity index (χ4v) is 3.03. The molecule has 1 N–H and O–H groups in total. The van der Waals surface area contributed by atoms with Gasteiger partial charge in [0.2, 0.25) is 0 Å². The number of carboxylic acids is 1. The molecule has 2 nitrogen and oxygen atoms in total. The van der Waals surface area contributed by atoms with Crippen LogP contribution in [0.15, 0.2) is 0 Å². The zero-order valence-corrected chi connectivity index (χ0v) is 14.9. The third-order valence-corrected chi connectivity index (χ3v) is 4.59. The molecule has 0 aliphatic rings. The third-order valence-electron chi connectivity index (χ3n) is 4.07. The van der Waals surface area contributed by atoms with Crippen LogP contribution in [0.25, 0.3) is 0 Å². The van der Waals surface area contributed by atoms with Gasteiger partial charge in [-0.3, -0.25) is 4.79 Å². The first-order valence-electron chi connectivity index (χ1n) is 9.06. The topological polar surface area (TPSA) is 37.3 Å². The van der Waals surface area contributed by atoms with Gasteiger partial charge in [0.15, 0.2) is 0 Å². The van der Waals surface area contributed by atoms with Crippen molar-refractivity contribution in [3.63, 3.8) is 0 Å². The maximum Gasteiger partial charge on any atom is 0.303 e. The van der Waals surface area contributed by atoms with Crippen LogP contribution in [0.5, 0.6) is 0 Å². The number of thiol groups is 1. The zero-order chi connectivity index (χ0) is 15.8. The van der Waals surface area contributed by atoms with Crippen LogP contribution in [-0.2, 0) is 4.79 Å². The number of hydrogen-bond acceptors (Lipinski definition) is 2. The smallest absolute Gasteiger partial charge is 0.303 e. The largest absolute Gasteiger partial charge is 0.481 e. The Labute approximate surface area is 137 Å². The van der Waals surface area contributed by atoms with Crippen LogP contribution in [0.2, 0.25) is 0 Å². The highest BCUT2D eigenvalue weighted by molar-refractivity contribution is 7.80. The summed E-state index contributed by atoms with van der Waals surface area (Å²) in [6, 6.07) is 0. The molecule has 1 unspecified atom stereocenters. The van der Waals surface area contributed by atoms with Gasteiger partial charge in [0.25, 0.3) is 0 Å². The molecule has 0 bridgehead atoms. The van der Waals surface area contributed by atoms with Crippen LogP contribution in [0.1, 0.15) is 103 Å². The lowest BCUT2D eigenvalue weighted by atomic mass is 10.0. The summed E-state index contributed by atoms with van der Waals surface area (Å²) in [7, 11) is 0. The number of rotatable bonds is 16. The summed E-state index contributed by atoms with van der Waals surface area (Å²) in [5, 5.41) is 9.13. The Balaban J connectivity index is 3.14. The van der Waals surface area contributed by atoms with Gasteiger partial charge in [-0.05, 0) is 19.3 Å². The molecular weight excluding hydrogens is 280 g/mol. The first-order valence-corrected chi connectivity index (χ1v) is 9.58. The first kappa shape index (κ1) is 20.8. The van der Waals surface area contributed by atoms with Gasteiger partial charge in [-0.25, -0.2) is 0 Å². The van der Waals surface area contributed by atoms with E-state index in [0.717, 1.165) is 12.8 Å². The van der Waals surface area contributed by atoms with Crippen molar-refractivity contribution < 1.29 is 9.90 Å². The molecule has 0 aliphatic heterocycles. The molecule has 0 heterocycles. The highest BCUT2D eigenvalue weighted by Gasteiger charge is 2.03. The minimum absolute atomic E-state index is 0.333. The van der Waals surface area contributed by atoms with Gasteiger partial charge in [-0.2, -0.15) is 12.6 Å². The Kier molecular flexibility index (Phi) is 16.1. The van der Waals surface area contributed by atoms with Crippen molar-refractivity contribution in [3.8, 4) is 0 Å². The molecule has 0 rings (SSSR count). The number of carbonyl (C=O) groups is 1. The molecule has 0 aromatic carbocycles. The molecule has 0 amide bonds. The average molecular weight is 317 g/mol. The minimum Gasteiger partial charge on any atom is -0.481 e. The van der Waals surface area contributed by atoms with E-state index in [1.807, 2.05) is 0 Å². The Morgan fingerprint density at radius 2 is 1.24 bits per heavy atom. The van der Waals surface area contributed by atoms with Gasteiger partial charge in [0.1, 0.15) is 0 Å². The summed E-state index contributed by atoms with van der Waals surface area (Å²) < 4.78 is 0. The molecule has 0 spiro atoms. The molecular formula is C18H36O2S. The zero-order valence-electron chi connectivity index (χ0n) is 14.0. The summed E-state index contributed by atoms with van der Waals surface area (Å²) in [5.41, 5.74) is 0. The minimum atomic E-state index is -0.662. The summed E-state index contributed by atoms with van der Waals surface area (Å²) >= 11 is 4.69. The van der Waals surface area contributed by atoms with E-state index in [-0.39, 0.29) is 0 Å². The third kappa shape index (κ3) is 17.8. The average Bonchev–Trinajstić information content (AvgIpc) is 2.45. The van der Waals surface area contributed by atoms with E-state index in [0.29, 0.717) is 11.7 Å². The summed E-state index contributed by atoms with van der Waals surface area (Å²) in [6.45, 7) is 2.26. The highest BCUT2D eigenvalue weighted by Crippen LogP contribution is 2.17. The van der Waals surface area contributed by atoms with E-state index in [9.17, 15) is 4.79 Å². The van der Waals surface area contributed by atoms with Crippen LogP contribution in [-0.4, -0.2) is 16.3 Å². The Hall–Kier alpha value is -0.180. The second-order valence-corrected chi connectivity index (χ2v) is 6.99. The fraction of sp³-hybridized carbons (Fsp3) is 0.944. The Bertz CT molecular complexity index is 231. The number of carboxylic acid groups (broad SMARTS) is 1. The standard InChI is InChI=1S/C18H36O2S/c1-2-3-4-8-11-14-17(21)15-12-9-6-5-7-10-13-16-18(19)20/h17,21H,2-16H2,1H3,(H,19,20). The lowest BCUT2D eigenvalue weighted by Crippen LogP contribution is -1.98. The SMILES string of the molecule is CCCCCCCC(S)CCCCCCCCCC(=O)O. The van der Waals surface area contributed by atoms with Gasteiger partial charge in [-0.1, -0.05) is 77.6 Å². The molecule has 0 aliphatic carbocycles. The molecule has 0 radical (unpaired) electrons. The van der Waals surface area contributed by atoms with Crippen LogP contribution >= 0.6 is 12.6 Å². The Morgan fingerprint density at radius 1 is 0.810 bits per heavy atom. The lowest BCUT2D eigenvalue weighted by molar-refractivity contribution is -0.137. The predicted octanol–water partition coefficient (Wildman–Crippen LogP) is 6.24. The fourth-order valence-electron chi connectivity index (χ4n) is 2.67. The maximum absolute atomic E-state index is 10.4. The quantitative estimate of drug-likeness (QED) is 0.261. The predicted molar refractivity (Wildman–Crippen MR) is 95.3 cm³/mol. The normalized spacial score (nSPS) is 12.5. The molecule has 0 fully saturated rings. The van der Waals surface area contributed by atoms with E-state index in [1.165, 1.54) is 77.0 Å². The molecule has 21 heavy (non-hydrogen) atoms. The summed E-state index contributed by atoms with van der Waals surface area (Å²) in [5.74, 6) is -0.662. The van der Waals surface area contributed by atoms with Crippen molar-refractivity contribution in [1.29, 1.82) is 0 Å². The maximum atomic E-state index is 10.4. The van der Waals surface area contributed by atoms with Crippen LogP contribution in [0.4, 0.5) is 0 Å². The number of aliphatic carboxylic acids is 1. The van der Waals surface area contributed by atoms with Crippen molar-refractivity contribution in [2.24, 2.45) is 0 Å². The van der Waals surface area contributed by atoms with Gasteiger partial charge >= 0.3 is 5.97 Å². The lowest BCUT2D eigenvalue weighted by Gasteiger charge is -2.10. The first-order chi connectivity index (χ1) is 10.2. The second-order valence-electron chi connectivity index (χ2n) is 6.26. The van der Waals surface area contributed by atoms with Crippen molar-refractivity contribution in [1.82, 2.24) is 0 Å². The molecule has 0 saturated heterocycles. The molecule has 0 aromatic heterocycles. The number of unbranched alkanes of at least 4 members (excludes halogenated alkanes) is 10. The second kappa shape index (κ2) is 16.2. The van der Waals surface area contributed by atoms with E-state index < -0.39 is 5.97 Å². The molecule has 0 aromatic rings. The molecule has 126 valence electrons. The van der Waals surface area contributed by atoms with Gasteiger partial charge in [0.05, 0.1) is 0 Å². The van der Waals surface area contributed by atoms with E-state index in [4.69, 9.17) is 5.11 Å². The van der Waals surface area contributed by atoms with Crippen molar-refractivity contribution in [2.45, 2.75) is 108 Å². The van der Waals surface area contributed by atoms with Gasteiger partial charge in [-0.15, -0.1) is 0 Å². The van der Waals surface area contributed by atoms with Gasteiger partial charge in [0, 0.05) is 11.7 Å². The van der Waals surface area contributed by atoms with Crippen LogP contribution in [0.3, 0.4) is 0 Å². The van der Waals surface area contributed by atoms with Crippen LogP contribution < -0.4 is 0 Å². The molecule has 3 heteroatoms. The molecule has 0 saturated carbocycles. The van der Waals surface area contributed by atoms with Gasteiger partial charge < -0.3 is 5.11 Å². The van der Waals surface area contributed by atoms with Crippen LogP contribution in [0, 0.1) is 0 Å². The van der Waals surface area contributed by atoms with E-state index >= 15 is 0 Å². The highest BCUT2D eigenvalue weighted by atomic mass is 32.1. The monoisotopic (exact) mass is 316 g/mol. The summed E-state index contributed by atoms with van der Waals surface area (Å²) in [6.07, 6.45) is 17.9. The molecule has 1 atom stereocenters. The van der Waals surface area contributed by atoms with E-state index in [2.05, 4.69) is 19.6 Å². The van der Waals surface area contributed by atoms with Crippen molar-refractivity contribution in [2.75, 3.05) is 0 Å². The van der Waals surface area contributed by atoms with Crippen molar-refractivity contribution >= 4 is 18.6 Å². The Morgan fingerprint density at radius 3 is 1.71 bits per heavy atom. The number of hydrogen-bond donors (Lipinski definition) is 2. The summed E-state index contributed by atoms with van der Waals surface area (Å²) in [4.78, 5) is 10.4. The van der Waals surface area contributed by atoms with E-state index in [1.54, 1.807) is 0 Å². The van der Waals surface area contributed by atoms with Crippen molar-refractivity contribution in [3.05, 3.63) is 0 Å².